The maximum Gasteiger partial charge on any atom is 0.437 e. The number of carbonyl (C=O) groups excluding carboxylic acids is 1. The second kappa shape index (κ2) is 9.45. The Morgan fingerprint density at radius 1 is 1.10 bits per heavy atom. The number of aromatic nitrogens is 2. The van der Waals surface area contributed by atoms with Crippen LogP contribution in [0.5, 0.6) is 11.5 Å². The third kappa shape index (κ3) is 6.17. The van der Waals surface area contributed by atoms with E-state index in [0.29, 0.717) is 27.5 Å². The summed E-state index contributed by atoms with van der Waals surface area (Å²) in [6, 6.07) is 13.9. The van der Waals surface area contributed by atoms with E-state index >= 15 is 0 Å². The van der Waals surface area contributed by atoms with E-state index in [9.17, 15) is 4.79 Å². The topological polar surface area (TPSA) is 109 Å². The number of nitrogens with one attached hydrogen (secondary N) is 2. The monoisotopic (exact) mass is 481 g/mol. The molecule has 0 aliphatic rings. The average molecular weight is 482 g/mol. The number of benzene rings is 1. The van der Waals surface area contributed by atoms with Gasteiger partial charge < -0.3 is 9.57 Å². The van der Waals surface area contributed by atoms with Crippen LogP contribution in [0, 0.1) is 11.3 Å². The lowest BCUT2D eigenvalue weighted by atomic mass is 9.88. The molecule has 2 N–H and O–H groups in total. The zero-order valence-corrected chi connectivity index (χ0v) is 18.7. The molecular formula is C22H20BrN5O3. The highest BCUT2D eigenvalue weighted by Gasteiger charge is 2.15. The van der Waals surface area contributed by atoms with Gasteiger partial charge in [-0.2, -0.15) is 5.26 Å². The first-order valence-corrected chi connectivity index (χ1v) is 10.1. The highest BCUT2D eigenvalue weighted by Crippen LogP contribution is 2.32. The van der Waals surface area contributed by atoms with Crippen molar-refractivity contribution in [3.63, 3.8) is 0 Å². The fourth-order valence-electron chi connectivity index (χ4n) is 2.51. The van der Waals surface area contributed by atoms with Crippen LogP contribution in [0.15, 0.2) is 59.3 Å². The van der Waals surface area contributed by atoms with Gasteiger partial charge in [-0.1, -0.05) is 20.8 Å². The quantitative estimate of drug-likeness (QED) is 0.444. The van der Waals surface area contributed by atoms with Crippen LogP contribution >= 0.6 is 15.9 Å². The van der Waals surface area contributed by atoms with Crippen LogP contribution < -0.4 is 15.5 Å². The molecule has 0 saturated heterocycles. The molecule has 2 aromatic heterocycles. The zero-order valence-electron chi connectivity index (χ0n) is 17.1. The van der Waals surface area contributed by atoms with Crippen LogP contribution in [0.25, 0.3) is 0 Å². The summed E-state index contributed by atoms with van der Waals surface area (Å²) in [4.78, 5) is 25.2. The van der Waals surface area contributed by atoms with Crippen LogP contribution in [0.3, 0.4) is 0 Å². The molecule has 1 amide bonds. The van der Waals surface area contributed by atoms with E-state index in [1.54, 1.807) is 36.5 Å². The Morgan fingerprint density at radius 2 is 1.87 bits per heavy atom. The molecule has 0 unspecified atom stereocenters. The van der Waals surface area contributed by atoms with Crippen molar-refractivity contribution in [3.8, 4) is 17.6 Å². The Labute approximate surface area is 188 Å². The van der Waals surface area contributed by atoms with E-state index in [1.807, 2.05) is 12.1 Å². The Kier molecular flexibility index (Phi) is 6.72. The molecule has 1 aromatic carbocycles. The highest BCUT2D eigenvalue weighted by molar-refractivity contribution is 9.10. The molecule has 9 heteroatoms. The molecule has 31 heavy (non-hydrogen) atoms. The second-order valence-electron chi connectivity index (χ2n) is 7.53. The standard InChI is InChI=1S/C22H20BrN5O3/c1-22(2,3)14-6-8-26-20(10-14)27-21(29)31-28-15-4-5-19(18(23)12-15)30-17-7-9-25-16(11-17)13-24/h4-12,28H,1-3H3,(H,26,27,29). The third-order valence-electron chi connectivity index (χ3n) is 4.12. The minimum absolute atomic E-state index is 0.0654. The number of hydrogen-bond acceptors (Lipinski definition) is 7. The van der Waals surface area contributed by atoms with Gasteiger partial charge in [-0.05, 0) is 63.3 Å². The van der Waals surface area contributed by atoms with E-state index in [0.717, 1.165) is 5.56 Å². The number of anilines is 2. The maximum absolute atomic E-state index is 12.1. The molecule has 0 radical (unpaired) electrons. The van der Waals surface area contributed by atoms with Crippen molar-refractivity contribution >= 4 is 33.5 Å². The maximum atomic E-state index is 12.1. The number of amides is 1. The number of carbonyl (C=O) groups is 1. The number of nitrogens with zero attached hydrogens (tertiary/aromatic N) is 3. The van der Waals surface area contributed by atoms with Gasteiger partial charge in [0.05, 0.1) is 10.2 Å². The van der Waals surface area contributed by atoms with Gasteiger partial charge in [0.25, 0.3) is 0 Å². The average Bonchev–Trinajstić information content (AvgIpc) is 2.74. The van der Waals surface area contributed by atoms with Gasteiger partial charge in [0.2, 0.25) is 0 Å². The number of halogens is 1. The number of ether oxygens (including phenoxy) is 1. The van der Waals surface area contributed by atoms with Crippen molar-refractivity contribution in [1.29, 1.82) is 5.26 Å². The molecule has 3 rings (SSSR count). The Morgan fingerprint density at radius 3 is 2.58 bits per heavy atom. The predicted octanol–water partition coefficient (Wildman–Crippen LogP) is 5.78. The second-order valence-corrected chi connectivity index (χ2v) is 8.39. The van der Waals surface area contributed by atoms with Gasteiger partial charge in [0.1, 0.15) is 29.1 Å². The third-order valence-corrected chi connectivity index (χ3v) is 4.74. The van der Waals surface area contributed by atoms with Gasteiger partial charge in [-0.25, -0.2) is 20.2 Å². The predicted molar refractivity (Wildman–Crippen MR) is 120 cm³/mol. The lowest BCUT2D eigenvalue weighted by Gasteiger charge is -2.19. The van der Waals surface area contributed by atoms with Crippen molar-refractivity contribution in [2.24, 2.45) is 0 Å². The van der Waals surface area contributed by atoms with E-state index < -0.39 is 6.09 Å². The Bertz CT molecular complexity index is 1140. The van der Waals surface area contributed by atoms with E-state index in [1.165, 1.54) is 12.3 Å². The van der Waals surface area contributed by atoms with E-state index in [-0.39, 0.29) is 11.1 Å². The molecule has 8 nitrogen and oxygen atoms in total. The van der Waals surface area contributed by atoms with Gasteiger partial charge in [-0.3, -0.25) is 5.32 Å². The molecular weight excluding hydrogens is 462 g/mol. The van der Waals surface area contributed by atoms with Crippen molar-refractivity contribution in [3.05, 3.63) is 70.6 Å². The summed E-state index contributed by atoms with van der Waals surface area (Å²) in [6.07, 6.45) is 2.44. The highest BCUT2D eigenvalue weighted by atomic mass is 79.9. The molecule has 158 valence electrons. The molecule has 3 aromatic rings. The summed E-state index contributed by atoms with van der Waals surface area (Å²) < 4.78 is 6.38. The zero-order chi connectivity index (χ0) is 22.4. The van der Waals surface area contributed by atoms with E-state index in [2.05, 4.69) is 57.5 Å². The molecule has 0 fully saturated rings. The molecule has 0 spiro atoms. The first-order chi connectivity index (χ1) is 14.7. The molecule has 2 heterocycles. The molecule has 0 bridgehead atoms. The number of pyridine rings is 2. The Balaban J connectivity index is 1.59. The van der Waals surface area contributed by atoms with Gasteiger partial charge in [0.15, 0.2) is 0 Å². The summed E-state index contributed by atoms with van der Waals surface area (Å²) in [5, 5.41) is 11.5. The fourth-order valence-corrected chi connectivity index (χ4v) is 2.97. The van der Waals surface area contributed by atoms with E-state index in [4.69, 9.17) is 14.8 Å². The molecule has 0 aliphatic carbocycles. The van der Waals surface area contributed by atoms with Gasteiger partial charge >= 0.3 is 6.09 Å². The number of nitriles is 1. The van der Waals surface area contributed by atoms with Crippen LogP contribution in [0.2, 0.25) is 0 Å². The summed E-state index contributed by atoms with van der Waals surface area (Å²) in [6.45, 7) is 6.23. The Hall–Kier alpha value is -3.64. The lowest BCUT2D eigenvalue weighted by molar-refractivity contribution is 0.185. The summed E-state index contributed by atoms with van der Waals surface area (Å²) in [5.41, 5.74) is 4.34. The first kappa shape index (κ1) is 22.1. The van der Waals surface area contributed by atoms with Crippen LogP contribution in [0.4, 0.5) is 16.3 Å². The number of rotatable bonds is 5. The lowest BCUT2D eigenvalue weighted by Crippen LogP contribution is -2.19. The van der Waals surface area contributed by atoms with Crippen molar-refractivity contribution in [2.75, 3.05) is 10.8 Å². The summed E-state index contributed by atoms with van der Waals surface area (Å²) in [7, 11) is 0. The minimum Gasteiger partial charge on any atom is -0.456 e. The van der Waals surface area contributed by atoms with Crippen molar-refractivity contribution in [2.45, 2.75) is 26.2 Å². The first-order valence-electron chi connectivity index (χ1n) is 9.28. The smallest absolute Gasteiger partial charge is 0.437 e. The van der Waals surface area contributed by atoms with Crippen molar-refractivity contribution < 1.29 is 14.4 Å². The van der Waals surface area contributed by atoms with Gasteiger partial charge in [0, 0.05) is 18.5 Å². The van der Waals surface area contributed by atoms with Crippen LogP contribution in [-0.4, -0.2) is 16.1 Å². The minimum atomic E-state index is -0.698. The molecule has 0 saturated carbocycles. The van der Waals surface area contributed by atoms with Crippen LogP contribution in [0.1, 0.15) is 32.0 Å². The summed E-state index contributed by atoms with van der Waals surface area (Å²) >= 11 is 3.42. The molecule has 0 atom stereocenters. The fraction of sp³-hybridized carbons (Fsp3) is 0.182. The van der Waals surface area contributed by atoms with Gasteiger partial charge in [-0.15, -0.1) is 0 Å². The molecule has 0 aliphatic heterocycles. The number of hydrogen-bond donors (Lipinski definition) is 2. The van der Waals surface area contributed by atoms with Crippen molar-refractivity contribution in [1.82, 2.24) is 9.97 Å². The normalized spacial score (nSPS) is 10.7. The largest absolute Gasteiger partial charge is 0.456 e. The SMILES string of the molecule is CC(C)(C)c1ccnc(NC(=O)ONc2ccc(Oc3ccnc(C#N)c3)c(Br)c2)c1. The summed E-state index contributed by atoms with van der Waals surface area (Å²) in [5.74, 6) is 1.40. The van der Waals surface area contributed by atoms with Crippen LogP contribution in [-0.2, 0) is 10.3 Å².